The van der Waals surface area contributed by atoms with E-state index in [1.807, 2.05) is 38.1 Å². The van der Waals surface area contributed by atoms with Gasteiger partial charge in [-0.25, -0.2) is 4.79 Å². The van der Waals surface area contributed by atoms with E-state index in [9.17, 15) is 4.79 Å². The van der Waals surface area contributed by atoms with Crippen LogP contribution in [0.15, 0.2) is 24.3 Å². The topological polar surface area (TPSA) is 54.0 Å². The third-order valence-corrected chi connectivity index (χ3v) is 3.59. The van der Waals surface area contributed by atoms with Crippen molar-refractivity contribution in [2.45, 2.75) is 58.5 Å². The maximum atomic E-state index is 12.0. The first-order chi connectivity index (χ1) is 11.1. The van der Waals surface area contributed by atoms with Gasteiger partial charge in [-0.3, -0.25) is 0 Å². The van der Waals surface area contributed by atoms with E-state index >= 15 is 0 Å². The molecule has 1 saturated heterocycles. The van der Waals surface area contributed by atoms with Crippen molar-refractivity contribution < 1.29 is 23.7 Å². The third-order valence-electron chi connectivity index (χ3n) is 3.59. The maximum absolute atomic E-state index is 12.0. The quantitative estimate of drug-likeness (QED) is 0.688. The zero-order valence-electron chi connectivity index (χ0n) is 14.1. The first-order valence-corrected chi connectivity index (χ1v) is 8.20. The lowest BCUT2D eigenvalue weighted by atomic mass is 10.2. The second kappa shape index (κ2) is 8.89. The van der Waals surface area contributed by atoms with Crippen LogP contribution in [-0.4, -0.2) is 37.5 Å². The molecule has 128 valence electrons. The number of rotatable bonds is 8. The standard InChI is InChI=1S/C18H26O5/c1-13(2)23-17-9-5-4-7-15(17)11-22-18(19)14(3)21-12-16-8-6-10-20-16/h4-5,7,9,13-14,16H,6,8,10-12H2,1-3H3. The summed E-state index contributed by atoms with van der Waals surface area (Å²) in [6.45, 7) is 7.01. The van der Waals surface area contributed by atoms with Crippen molar-refractivity contribution in [2.75, 3.05) is 13.2 Å². The molecular weight excluding hydrogens is 296 g/mol. The minimum atomic E-state index is -0.600. The molecule has 23 heavy (non-hydrogen) atoms. The van der Waals surface area contributed by atoms with E-state index in [0.717, 1.165) is 30.8 Å². The molecular formula is C18H26O5. The summed E-state index contributed by atoms with van der Waals surface area (Å²) in [5, 5.41) is 0. The van der Waals surface area contributed by atoms with E-state index in [1.165, 1.54) is 0 Å². The molecule has 1 aromatic carbocycles. The van der Waals surface area contributed by atoms with E-state index in [2.05, 4.69) is 0 Å². The molecule has 0 saturated carbocycles. The molecule has 1 heterocycles. The number of para-hydroxylation sites is 1. The molecule has 1 fully saturated rings. The zero-order valence-corrected chi connectivity index (χ0v) is 14.1. The fourth-order valence-electron chi connectivity index (χ4n) is 2.35. The SMILES string of the molecule is CC(C)Oc1ccccc1COC(=O)C(C)OCC1CCCO1. The molecule has 1 aromatic rings. The van der Waals surface area contributed by atoms with Gasteiger partial charge >= 0.3 is 5.97 Å². The van der Waals surface area contributed by atoms with Crippen LogP contribution in [0.1, 0.15) is 39.2 Å². The van der Waals surface area contributed by atoms with Gasteiger partial charge < -0.3 is 18.9 Å². The number of carbonyl (C=O) groups excluding carboxylic acids is 1. The summed E-state index contributed by atoms with van der Waals surface area (Å²) in [5.74, 6) is 0.366. The van der Waals surface area contributed by atoms with Crippen LogP contribution < -0.4 is 4.74 Å². The molecule has 0 radical (unpaired) electrons. The minimum absolute atomic E-state index is 0.0699. The fourth-order valence-corrected chi connectivity index (χ4v) is 2.35. The summed E-state index contributed by atoms with van der Waals surface area (Å²) in [7, 11) is 0. The summed E-state index contributed by atoms with van der Waals surface area (Å²) >= 11 is 0. The van der Waals surface area contributed by atoms with Gasteiger partial charge in [-0.1, -0.05) is 18.2 Å². The number of ether oxygens (including phenoxy) is 4. The molecule has 5 heteroatoms. The van der Waals surface area contributed by atoms with Gasteiger partial charge in [0, 0.05) is 12.2 Å². The molecule has 0 bridgehead atoms. The first-order valence-electron chi connectivity index (χ1n) is 8.20. The molecule has 2 atom stereocenters. The molecule has 0 aliphatic carbocycles. The Balaban J connectivity index is 1.79. The van der Waals surface area contributed by atoms with Gasteiger partial charge in [0.15, 0.2) is 6.10 Å². The van der Waals surface area contributed by atoms with Crippen LogP contribution in [0, 0.1) is 0 Å². The normalized spacial score (nSPS) is 18.9. The molecule has 1 aliphatic rings. The smallest absolute Gasteiger partial charge is 0.335 e. The molecule has 0 aromatic heterocycles. The van der Waals surface area contributed by atoms with Gasteiger partial charge in [-0.05, 0) is 39.7 Å². The number of hydrogen-bond donors (Lipinski definition) is 0. The number of hydrogen-bond acceptors (Lipinski definition) is 5. The average Bonchev–Trinajstić information content (AvgIpc) is 3.04. The highest BCUT2D eigenvalue weighted by molar-refractivity contribution is 5.74. The highest BCUT2D eigenvalue weighted by atomic mass is 16.6. The van der Waals surface area contributed by atoms with Crippen LogP contribution in [0.4, 0.5) is 0 Å². The Labute approximate surface area is 137 Å². The van der Waals surface area contributed by atoms with E-state index in [-0.39, 0.29) is 24.8 Å². The maximum Gasteiger partial charge on any atom is 0.335 e. The molecule has 2 unspecified atom stereocenters. The van der Waals surface area contributed by atoms with E-state index < -0.39 is 6.10 Å². The lowest BCUT2D eigenvalue weighted by Gasteiger charge is -2.17. The summed E-state index contributed by atoms with van der Waals surface area (Å²) in [4.78, 5) is 12.0. The van der Waals surface area contributed by atoms with E-state index in [4.69, 9.17) is 18.9 Å². The minimum Gasteiger partial charge on any atom is -0.491 e. The van der Waals surface area contributed by atoms with Crippen molar-refractivity contribution in [1.82, 2.24) is 0 Å². The van der Waals surface area contributed by atoms with Gasteiger partial charge in [-0.15, -0.1) is 0 Å². The van der Waals surface area contributed by atoms with Gasteiger partial charge in [0.2, 0.25) is 0 Å². The summed E-state index contributed by atoms with van der Waals surface area (Å²) in [5.41, 5.74) is 0.848. The number of esters is 1. The highest BCUT2D eigenvalue weighted by Crippen LogP contribution is 2.20. The second-order valence-electron chi connectivity index (χ2n) is 5.99. The molecule has 0 amide bonds. The summed E-state index contributed by atoms with van der Waals surface area (Å²) in [6, 6.07) is 7.56. The van der Waals surface area contributed by atoms with Crippen LogP contribution in [0.5, 0.6) is 5.75 Å². The number of carbonyl (C=O) groups is 1. The van der Waals surface area contributed by atoms with Crippen LogP contribution in [-0.2, 0) is 25.6 Å². The van der Waals surface area contributed by atoms with Crippen LogP contribution >= 0.6 is 0 Å². The largest absolute Gasteiger partial charge is 0.491 e. The van der Waals surface area contributed by atoms with Gasteiger partial charge in [0.1, 0.15) is 12.4 Å². The Hall–Kier alpha value is -1.59. The van der Waals surface area contributed by atoms with Gasteiger partial charge in [-0.2, -0.15) is 0 Å². The molecule has 1 aliphatic heterocycles. The van der Waals surface area contributed by atoms with Crippen molar-refractivity contribution in [2.24, 2.45) is 0 Å². The monoisotopic (exact) mass is 322 g/mol. The van der Waals surface area contributed by atoms with Gasteiger partial charge in [0.05, 0.1) is 18.8 Å². The predicted molar refractivity (Wildman–Crippen MR) is 86.4 cm³/mol. The van der Waals surface area contributed by atoms with Crippen molar-refractivity contribution >= 4 is 5.97 Å². The molecule has 0 spiro atoms. The molecule has 5 nitrogen and oxygen atoms in total. The van der Waals surface area contributed by atoms with Crippen LogP contribution in [0.25, 0.3) is 0 Å². The third kappa shape index (κ3) is 5.84. The van der Waals surface area contributed by atoms with E-state index in [0.29, 0.717) is 6.61 Å². The predicted octanol–water partition coefficient (Wildman–Crippen LogP) is 3.10. The second-order valence-corrected chi connectivity index (χ2v) is 5.99. The average molecular weight is 322 g/mol. The van der Waals surface area contributed by atoms with Crippen molar-refractivity contribution in [3.8, 4) is 5.75 Å². The molecule has 0 N–H and O–H groups in total. The molecule has 2 rings (SSSR count). The Kier molecular flexibility index (Phi) is 6.86. The number of benzene rings is 1. The Morgan fingerprint density at radius 3 is 2.78 bits per heavy atom. The highest BCUT2D eigenvalue weighted by Gasteiger charge is 2.21. The zero-order chi connectivity index (χ0) is 16.7. The Morgan fingerprint density at radius 1 is 1.30 bits per heavy atom. The first kappa shape index (κ1) is 17.8. The lowest BCUT2D eigenvalue weighted by molar-refractivity contribution is -0.159. The summed E-state index contributed by atoms with van der Waals surface area (Å²) < 4.78 is 22.1. The Morgan fingerprint density at radius 2 is 2.09 bits per heavy atom. The fraction of sp³-hybridized carbons (Fsp3) is 0.611. The van der Waals surface area contributed by atoms with Crippen molar-refractivity contribution in [3.05, 3.63) is 29.8 Å². The van der Waals surface area contributed by atoms with Crippen LogP contribution in [0.2, 0.25) is 0 Å². The Bertz CT molecular complexity index is 494. The van der Waals surface area contributed by atoms with E-state index in [1.54, 1.807) is 6.92 Å². The van der Waals surface area contributed by atoms with Crippen molar-refractivity contribution in [1.29, 1.82) is 0 Å². The summed E-state index contributed by atoms with van der Waals surface area (Å²) in [6.07, 6.45) is 1.62. The van der Waals surface area contributed by atoms with Crippen LogP contribution in [0.3, 0.4) is 0 Å². The van der Waals surface area contributed by atoms with Crippen molar-refractivity contribution in [3.63, 3.8) is 0 Å². The van der Waals surface area contributed by atoms with Gasteiger partial charge in [0.25, 0.3) is 0 Å². The lowest BCUT2D eigenvalue weighted by Crippen LogP contribution is -2.27.